The van der Waals surface area contributed by atoms with Gasteiger partial charge >= 0.3 is 6.18 Å². The van der Waals surface area contributed by atoms with Gasteiger partial charge in [0.1, 0.15) is 0 Å². The summed E-state index contributed by atoms with van der Waals surface area (Å²) in [5.41, 5.74) is -0.332. The van der Waals surface area contributed by atoms with E-state index in [0.29, 0.717) is 18.2 Å². The first-order valence-corrected chi connectivity index (χ1v) is 8.98. The number of halogens is 4. The zero-order chi connectivity index (χ0) is 19.3. The number of guanidine groups is 1. The summed E-state index contributed by atoms with van der Waals surface area (Å²) in [5, 5.41) is 3.18. The van der Waals surface area contributed by atoms with Gasteiger partial charge in [-0.05, 0) is 24.6 Å². The fraction of sp³-hybridized carbons (Fsp3) is 0.450. The molecule has 8 heteroatoms. The number of aliphatic imine (C=N–C) groups is 1. The third-order valence-electron chi connectivity index (χ3n) is 4.80. The van der Waals surface area contributed by atoms with Crippen LogP contribution >= 0.6 is 24.0 Å². The third-order valence-corrected chi connectivity index (χ3v) is 4.80. The Morgan fingerprint density at radius 2 is 2.04 bits per heavy atom. The van der Waals surface area contributed by atoms with Crippen LogP contribution in [-0.4, -0.2) is 61.6 Å². The summed E-state index contributed by atoms with van der Waals surface area (Å²) >= 11 is 0. The average Bonchev–Trinajstić information content (AvgIpc) is 3.33. The molecule has 1 unspecified atom stereocenters. The quantitative estimate of drug-likeness (QED) is 0.221. The van der Waals surface area contributed by atoms with Crippen LogP contribution in [-0.2, 0) is 6.18 Å². The summed E-state index contributed by atoms with van der Waals surface area (Å²) in [5.74, 6) is 6.44. The number of nitrogens with zero attached hydrogens (tertiary/aromatic N) is 3. The molecule has 2 aliphatic heterocycles. The second kappa shape index (κ2) is 10.2. The summed E-state index contributed by atoms with van der Waals surface area (Å²) < 4.78 is 38.2. The Labute approximate surface area is 180 Å². The van der Waals surface area contributed by atoms with Gasteiger partial charge in [-0.25, -0.2) is 0 Å². The number of hydrogen-bond acceptors (Lipinski definition) is 2. The molecular formula is C20H24F3IN4. The van der Waals surface area contributed by atoms with E-state index in [1.807, 2.05) is 0 Å². The van der Waals surface area contributed by atoms with Crippen molar-refractivity contribution in [2.24, 2.45) is 4.99 Å². The summed E-state index contributed by atoms with van der Waals surface area (Å²) in [7, 11) is 1.73. The maximum absolute atomic E-state index is 12.7. The zero-order valence-corrected chi connectivity index (χ0v) is 18.0. The first-order valence-electron chi connectivity index (χ1n) is 8.98. The van der Waals surface area contributed by atoms with E-state index in [2.05, 4.69) is 44.1 Å². The second-order valence-corrected chi connectivity index (χ2v) is 6.59. The molecule has 0 bridgehead atoms. The molecule has 1 saturated heterocycles. The molecule has 2 heterocycles. The van der Waals surface area contributed by atoms with E-state index in [4.69, 9.17) is 0 Å². The molecule has 2 aliphatic rings. The minimum atomic E-state index is -4.35. The van der Waals surface area contributed by atoms with Crippen molar-refractivity contribution in [1.82, 2.24) is 15.1 Å². The van der Waals surface area contributed by atoms with E-state index >= 15 is 0 Å². The van der Waals surface area contributed by atoms with E-state index < -0.39 is 11.7 Å². The largest absolute Gasteiger partial charge is 0.416 e. The van der Waals surface area contributed by atoms with Crippen LogP contribution in [0.2, 0.25) is 0 Å². The average molecular weight is 504 g/mol. The van der Waals surface area contributed by atoms with E-state index in [-0.39, 0.29) is 24.0 Å². The molecule has 152 valence electrons. The highest BCUT2D eigenvalue weighted by Gasteiger charge is 2.30. The number of nitrogens with one attached hydrogen (secondary N) is 1. The highest BCUT2D eigenvalue weighted by atomic mass is 127. The van der Waals surface area contributed by atoms with E-state index in [9.17, 15) is 13.2 Å². The SMILES string of the molecule is CN=C(NCC#Cc1cccc(C(F)(F)F)c1)N1CCC(N2CC=CC2)C1.I. The van der Waals surface area contributed by atoms with Crippen LogP contribution in [0.4, 0.5) is 13.2 Å². The summed E-state index contributed by atoms with van der Waals surface area (Å²) in [6.45, 7) is 4.19. The smallest absolute Gasteiger partial charge is 0.345 e. The van der Waals surface area contributed by atoms with Gasteiger partial charge < -0.3 is 10.2 Å². The van der Waals surface area contributed by atoms with Crippen molar-refractivity contribution in [3.05, 3.63) is 47.5 Å². The summed E-state index contributed by atoms with van der Waals surface area (Å²) in [6, 6.07) is 5.58. The van der Waals surface area contributed by atoms with Crippen molar-refractivity contribution >= 4 is 29.9 Å². The number of benzene rings is 1. The molecule has 1 aromatic rings. The van der Waals surface area contributed by atoms with Gasteiger partial charge in [0.15, 0.2) is 5.96 Å². The predicted molar refractivity (Wildman–Crippen MR) is 116 cm³/mol. The van der Waals surface area contributed by atoms with Crippen molar-refractivity contribution in [1.29, 1.82) is 0 Å². The number of likely N-dealkylation sites (tertiary alicyclic amines) is 1. The minimum Gasteiger partial charge on any atom is -0.345 e. The lowest BCUT2D eigenvalue weighted by Gasteiger charge is -2.25. The van der Waals surface area contributed by atoms with Gasteiger partial charge in [0.2, 0.25) is 0 Å². The predicted octanol–water partition coefficient (Wildman–Crippen LogP) is 3.20. The van der Waals surface area contributed by atoms with Crippen LogP contribution in [0.25, 0.3) is 0 Å². The summed E-state index contributed by atoms with van der Waals surface area (Å²) in [6.07, 6.45) is 1.13. The van der Waals surface area contributed by atoms with Crippen molar-refractivity contribution < 1.29 is 13.2 Å². The van der Waals surface area contributed by atoms with Crippen molar-refractivity contribution in [2.75, 3.05) is 39.8 Å². The minimum absolute atomic E-state index is 0. The van der Waals surface area contributed by atoms with E-state index in [0.717, 1.165) is 50.7 Å². The molecule has 1 atom stereocenters. The molecule has 0 spiro atoms. The molecule has 0 saturated carbocycles. The molecule has 4 nitrogen and oxygen atoms in total. The third kappa shape index (κ3) is 5.88. The van der Waals surface area contributed by atoms with Crippen molar-refractivity contribution in [3.8, 4) is 11.8 Å². The van der Waals surface area contributed by atoms with Gasteiger partial charge in [-0.1, -0.05) is 30.1 Å². The van der Waals surface area contributed by atoms with E-state index in [1.54, 1.807) is 13.1 Å². The van der Waals surface area contributed by atoms with Crippen LogP contribution in [0.5, 0.6) is 0 Å². The molecule has 1 N–H and O–H groups in total. The molecule has 0 radical (unpaired) electrons. The standard InChI is InChI=1S/C20H23F3N4.HI/c1-24-19(27-13-9-18(15-27)26-11-2-3-12-26)25-10-5-7-16-6-4-8-17(14-16)20(21,22)23;/h2-4,6,8,14,18H,9-13,15H2,1H3,(H,24,25);1H. The normalized spacial score (nSPS) is 19.9. The Morgan fingerprint density at radius 1 is 1.29 bits per heavy atom. The van der Waals surface area contributed by atoms with Gasteiger partial charge in [-0.15, -0.1) is 24.0 Å². The second-order valence-electron chi connectivity index (χ2n) is 6.59. The molecule has 1 fully saturated rings. The molecule has 1 aromatic carbocycles. The van der Waals surface area contributed by atoms with Gasteiger partial charge in [-0.2, -0.15) is 13.2 Å². The zero-order valence-electron chi connectivity index (χ0n) is 15.7. The first kappa shape index (κ1) is 22.6. The van der Waals surface area contributed by atoms with Crippen LogP contribution in [0.3, 0.4) is 0 Å². The molecule has 0 aliphatic carbocycles. The Balaban J connectivity index is 0.00000280. The Bertz CT molecular complexity index is 772. The van der Waals surface area contributed by atoms with Crippen LogP contribution in [0.1, 0.15) is 17.5 Å². The molecule has 0 amide bonds. The molecular weight excluding hydrogens is 480 g/mol. The number of rotatable bonds is 2. The first-order chi connectivity index (χ1) is 13.0. The highest BCUT2D eigenvalue weighted by molar-refractivity contribution is 14.0. The Kier molecular flexibility index (Phi) is 8.19. The fourth-order valence-corrected chi connectivity index (χ4v) is 3.40. The van der Waals surface area contributed by atoms with Crippen LogP contribution in [0.15, 0.2) is 41.4 Å². The highest BCUT2D eigenvalue weighted by Crippen LogP contribution is 2.29. The maximum atomic E-state index is 12.7. The van der Waals surface area contributed by atoms with Crippen molar-refractivity contribution in [2.45, 2.75) is 18.6 Å². The van der Waals surface area contributed by atoms with Gasteiger partial charge in [0, 0.05) is 44.8 Å². The lowest BCUT2D eigenvalue weighted by atomic mass is 10.1. The summed E-state index contributed by atoms with van der Waals surface area (Å²) in [4.78, 5) is 8.95. The Morgan fingerprint density at radius 3 is 2.71 bits per heavy atom. The Hall–Kier alpha value is -1.73. The van der Waals surface area contributed by atoms with Crippen LogP contribution in [0, 0.1) is 11.8 Å². The van der Waals surface area contributed by atoms with Gasteiger partial charge in [0.25, 0.3) is 0 Å². The van der Waals surface area contributed by atoms with E-state index in [1.165, 1.54) is 6.07 Å². The van der Waals surface area contributed by atoms with Crippen LogP contribution < -0.4 is 5.32 Å². The lowest BCUT2D eigenvalue weighted by molar-refractivity contribution is -0.137. The topological polar surface area (TPSA) is 30.9 Å². The molecule has 0 aromatic heterocycles. The number of alkyl halides is 3. The lowest BCUT2D eigenvalue weighted by Crippen LogP contribution is -2.42. The van der Waals surface area contributed by atoms with Crippen molar-refractivity contribution in [3.63, 3.8) is 0 Å². The maximum Gasteiger partial charge on any atom is 0.416 e. The van der Waals surface area contributed by atoms with Gasteiger partial charge in [0.05, 0.1) is 12.1 Å². The molecule has 28 heavy (non-hydrogen) atoms. The monoisotopic (exact) mass is 504 g/mol. The fourth-order valence-electron chi connectivity index (χ4n) is 3.40. The number of hydrogen-bond donors (Lipinski definition) is 1. The molecule has 3 rings (SSSR count). The van der Waals surface area contributed by atoms with Gasteiger partial charge in [-0.3, -0.25) is 9.89 Å².